The molecule has 3 N–H and O–H groups in total. The van der Waals surface area contributed by atoms with Crippen molar-refractivity contribution in [3.05, 3.63) is 11.8 Å². The minimum absolute atomic E-state index is 0.0227. The van der Waals surface area contributed by atoms with Gasteiger partial charge in [0.15, 0.2) is 5.69 Å². The number of hydrogen-bond donors (Lipinski definition) is 2. The summed E-state index contributed by atoms with van der Waals surface area (Å²) in [5, 5.41) is 8.96. The summed E-state index contributed by atoms with van der Waals surface area (Å²) in [5.41, 5.74) is 4.16. The first-order chi connectivity index (χ1) is 7.82. The van der Waals surface area contributed by atoms with Crippen LogP contribution >= 0.6 is 11.8 Å². The number of aliphatic hydroxyl groups is 1. The number of hydrogen-bond acceptors (Lipinski definition) is 5. The van der Waals surface area contributed by atoms with Crippen LogP contribution in [0.15, 0.2) is 11.1 Å². The number of nitrogen functional groups attached to an aromatic ring is 1. The van der Waals surface area contributed by atoms with E-state index in [-0.39, 0.29) is 17.6 Å². The van der Waals surface area contributed by atoms with Crippen LogP contribution in [0.1, 0.15) is 12.6 Å². The molecule has 4 nitrogen and oxygen atoms in total. The molecule has 0 fully saturated rings. The lowest BCUT2D eigenvalue weighted by Gasteiger charge is -2.10. The van der Waals surface area contributed by atoms with Gasteiger partial charge in [0.05, 0.1) is 0 Å². The number of rotatable bonds is 4. The van der Waals surface area contributed by atoms with E-state index >= 15 is 0 Å². The number of nitrogens with two attached hydrogens (primary N) is 1. The first-order valence-electron chi connectivity index (χ1n) is 4.78. The van der Waals surface area contributed by atoms with Crippen LogP contribution in [-0.2, 0) is 6.18 Å². The van der Waals surface area contributed by atoms with Crippen LogP contribution in [0.3, 0.4) is 0 Å². The van der Waals surface area contributed by atoms with Crippen LogP contribution in [0.2, 0.25) is 0 Å². The molecule has 0 bridgehead atoms. The third-order valence-corrected chi connectivity index (χ3v) is 3.08. The van der Waals surface area contributed by atoms with E-state index in [1.54, 1.807) is 6.92 Å². The minimum atomic E-state index is -4.53. The molecule has 1 heterocycles. The smallest absolute Gasteiger partial charge is 0.396 e. The van der Waals surface area contributed by atoms with E-state index in [1.807, 2.05) is 0 Å². The maximum Gasteiger partial charge on any atom is 0.433 e. The van der Waals surface area contributed by atoms with Gasteiger partial charge in [0, 0.05) is 18.4 Å². The van der Waals surface area contributed by atoms with Gasteiger partial charge in [0.2, 0.25) is 5.95 Å². The molecular weight excluding hydrogens is 255 g/mol. The zero-order valence-electron chi connectivity index (χ0n) is 9.03. The number of anilines is 1. The summed E-state index contributed by atoms with van der Waals surface area (Å²) in [6, 6.07) is 0.852. The first-order valence-corrected chi connectivity index (χ1v) is 5.77. The van der Waals surface area contributed by atoms with Crippen molar-refractivity contribution in [2.24, 2.45) is 5.92 Å². The van der Waals surface area contributed by atoms with Crippen molar-refractivity contribution >= 4 is 17.7 Å². The van der Waals surface area contributed by atoms with Gasteiger partial charge in [-0.1, -0.05) is 6.92 Å². The number of aliphatic hydroxyl groups excluding tert-OH is 1. The highest BCUT2D eigenvalue weighted by atomic mass is 32.2. The highest BCUT2D eigenvalue weighted by Gasteiger charge is 2.33. The maximum atomic E-state index is 12.4. The van der Waals surface area contributed by atoms with Crippen molar-refractivity contribution in [2.45, 2.75) is 18.1 Å². The molecule has 1 aromatic heterocycles. The predicted octanol–water partition coefficient (Wildman–Crippen LogP) is 1.80. The second-order valence-corrected chi connectivity index (χ2v) is 4.59. The summed E-state index contributed by atoms with van der Waals surface area (Å²) in [6.07, 6.45) is -4.53. The summed E-state index contributed by atoms with van der Waals surface area (Å²) in [4.78, 5) is 6.83. The number of nitrogens with zero attached hydrogens (tertiary/aromatic N) is 2. The highest BCUT2D eigenvalue weighted by molar-refractivity contribution is 7.99. The zero-order valence-corrected chi connectivity index (χ0v) is 9.85. The van der Waals surface area contributed by atoms with E-state index in [0.29, 0.717) is 5.75 Å². The van der Waals surface area contributed by atoms with Crippen molar-refractivity contribution < 1.29 is 18.3 Å². The Bertz CT molecular complexity index is 386. The number of halogens is 3. The fourth-order valence-electron chi connectivity index (χ4n) is 0.942. The molecule has 0 aliphatic carbocycles. The molecule has 8 heteroatoms. The monoisotopic (exact) mass is 267 g/mol. The fraction of sp³-hybridized carbons (Fsp3) is 0.556. The zero-order chi connectivity index (χ0) is 13.1. The van der Waals surface area contributed by atoms with Crippen LogP contribution in [0.25, 0.3) is 0 Å². The molecule has 0 spiro atoms. The molecule has 1 unspecified atom stereocenters. The van der Waals surface area contributed by atoms with Crippen LogP contribution < -0.4 is 5.73 Å². The van der Waals surface area contributed by atoms with E-state index < -0.39 is 17.8 Å². The van der Waals surface area contributed by atoms with Crippen LogP contribution in [0.5, 0.6) is 0 Å². The molecule has 1 rings (SSSR count). The Hall–Kier alpha value is -1.02. The molecule has 17 heavy (non-hydrogen) atoms. The van der Waals surface area contributed by atoms with Gasteiger partial charge in [0.25, 0.3) is 0 Å². The minimum Gasteiger partial charge on any atom is -0.396 e. The van der Waals surface area contributed by atoms with Crippen LogP contribution in [-0.4, -0.2) is 27.4 Å². The summed E-state index contributed by atoms with van der Waals surface area (Å²) < 4.78 is 37.3. The first kappa shape index (κ1) is 14.0. The van der Waals surface area contributed by atoms with Gasteiger partial charge >= 0.3 is 6.18 Å². The second kappa shape index (κ2) is 5.54. The topological polar surface area (TPSA) is 72.0 Å². The fourth-order valence-corrected chi connectivity index (χ4v) is 1.86. The molecule has 0 aliphatic rings. The largest absolute Gasteiger partial charge is 0.433 e. The number of alkyl halides is 3. The standard InChI is InChI=1S/C9H12F3N3OS/c1-5(3-16)4-17-7-2-6(9(10,11)12)14-8(13)15-7/h2,5,16H,3-4H2,1H3,(H2,13,14,15). The molecule has 1 atom stereocenters. The van der Waals surface area contributed by atoms with Crippen LogP contribution in [0, 0.1) is 5.92 Å². The van der Waals surface area contributed by atoms with Gasteiger partial charge < -0.3 is 10.8 Å². The number of thioether (sulfide) groups is 1. The van der Waals surface area contributed by atoms with Crippen molar-refractivity contribution in [2.75, 3.05) is 18.1 Å². The van der Waals surface area contributed by atoms with E-state index in [9.17, 15) is 13.2 Å². The molecule has 1 aromatic rings. The van der Waals surface area contributed by atoms with E-state index in [2.05, 4.69) is 9.97 Å². The lowest BCUT2D eigenvalue weighted by molar-refractivity contribution is -0.141. The van der Waals surface area contributed by atoms with Gasteiger partial charge in [0.1, 0.15) is 5.03 Å². The molecule has 0 amide bonds. The highest BCUT2D eigenvalue weighted by Crippen LogP contribution is 2.30. The third-order valence-electron chi connectivity index (χ3n) is 1.84. The van der Waals surface area contributed by atoms with E-state index in [0.717, 1.165) is 17.8 Å². The van der Waals surface area contributed by atoms with Crippen molar-refractivity contribution in [1.29, 1.82) is 0 Å². The SMILES string of the molecule is CC(CO)CSc1cc(C(F)(F)F)nc(N)n1. The van der Waals surface area contributed by atoms with E-state index in [1.165, 1.54) is 0 Å². The molecule has 0 aromatic carbocycles. The Kier molecular flexibility index (Phi) is 4.58. The lowest BCUT2D eigenvalue weighted by atomic mass is 10.2. The predicted molar refractivity (Wildman–Crippen MR) is 58.4 cm³/mol. The average Bonchev–Trinajstić information content (AvgIpc) is 2.24. The van der Waals surface area contributed by atoms with Crippen molar-refractivity contribution in [3.8, 4) is 0 Å². The summed E-state index contributed by atoms with van der Waals surface area (Å²) in [7, 11) is 0. The lowest BCUT2D eigenvalue weighted by Crippen LogP contribution is -2.11. The van der Waals surface area contributed by atoms with Crippen LogP contribution in [0.4, 0.5) is 19.1 Å². The Morgan fingerprint density at radius 2 is 2.12 bits per heavy atom. The normalized spacial score (nSPS) is 13.7. The maximum absolute atomic E-state index is 12.4. The van der Waals surface area contributed by atoms with Gasteiger partial charge in [-0.25, -0.2) is 9.97 Å². The number of aromatic nitrogens is 2. The Labute approximate surface area is 100 Å². The quantitative estimate of drug-likeness (QED) is 0.643. The average molecular weight is 267 g/mol. The van der Waals surface area contributed by atoms with Crippen molar-refractivity contribution in [1.82, 2.24) is 9.97 Å². The van der Waals surface area contributed by atoms with Gasteiger partial charge in [-0.3, -0.25) is 0 Å². The Morgan fingerprint density at radius 3 is 2.65 bits per heavy atom. The summed E-state index contributed by atoms with van der Waals surface area (Å²) in [5.74, 6) is 0.0362. The Balaban J connectivity index is 2.83. The third kappa shape index (κ3) is 4.39. The van der Waals surface area contributed by atoms with Crippen molar-refractivity contribution in [3.63, 3.8) is 0 Å². The molecular formula is C9H12F3N3OS. The molecule has 0 saturated heterocycles. The molecule has 96 valence electrons. The second-order valence-electron chi connectivity index (χ2n) is 3.55. The van der Waals surface area contributed by atoms with E-state index in [4.69, 9.17) is 10.8 Å². The summed E-state index contributed by atoms with van der Waals surface area (Å²) in [6.45, 7) is 1.75. The van der Waals surface area contributed by atoms with Gasteiger partial charge in [-0.15, -0.1) is 11.8 Å². The molecule has 0 radical (unpaired) electrons. The Morgan fingerprint density at radius 1 is 1.47 bits per heavy atom. The van der Waals surface area contributed by atoms with Gasteiger partial charge in [-0.05, 0) is 5.92 Å². The van der Waals surface area contributed by atoms with Gasteiger partial charge in [-0.2, -0.15) is 13.2 Å². The molecule has 0 aliphatic heterocycles. The summed E-state index contributed by atoms with van der Waals surface area (Å²) >= 11 is 1.11. The molecule has 0 saturated carbocycles.